The van der Waals surface area contributed by atoms with Crippen LogP contribution in [0.1, 0.15) is 101 Å². The number of carboxylic acids is 1. The van der Waals surface area contributed by atoms with Crippen molar-refractivity contribution in [1.29, 1.82) is 0 Å². The summed E-state index contributed by atoms with van der Waals surface area (Å²) in [4.78, 5) is 47.1. The van der Waals surface area contributed by atoms with Crippen LogP contribution in [0.15, 0.2) is 85.2 Å². The highest BCUT2D eigenvalue weighted by molar-refractivity contribution is 5.98. The number of ether oxygens (including phenoxy) is 1. The summed E-state index contributed by atoms with van der Waals surface area (Å²) in [5.41, 5.74) is 5.22. The van der Waals surface area contributed by atoms with E-state index in [1.54, 1.807) is 19.3 Å². The molecule has 4 rings (SSSR count). The lowest BCUT2D eigenvalue weighted by molar-refractivity contribution is -0.137. The number of nitrogens with zero attached hydrogens (tertiary/aromatic N) is 2. The van der Waals surface area contributed by atoms with E-state index in [4.69, 9.17) is 4.74 Å². The van der Waals surface area contributed by atoms with Crippen LogP contribution in [-0.4, -0.2) is 45.4 Å². The number of aromatic nitrogens is 2. The minimum atomic E-state index is -0.999. The lowest BCUT2D eigenvalue weighted by Gasteiger charge is -2.21. The Hall–Kier alpha value is -4.85. The summed E-state index contributed by atoms with van der Waals surface area (Å²) in [7, 11) is 0. The van der Waals surface area contributed by atoms with Gasteiger partial charge in [-0.1, -0.05) is 114 Å². The molecule has 0 aliphatic rings. The molecule has 1 aromatic heterocycles. The fraction of sp³-hybridized carbons (Fsp3) is 0.405. The second-order valence-electron chi connectivity index (χ2n) is 14.1. The van der Waals surface area contributed by atoms with E-state index in [-0.39, 0.29) is 29.9 Å². The molecule has 1 heterocycles. The van der Waals surface area contributed by atoms with Gasteiger partial charge < -0.3 is 15.2 Å². The van der Waals surface area contributed by atoms with Gasteiger partial charge in [0.25, 0.3) is 0 Å². The van der Waals surface area contributed by atoms with Gasteiger partial charge in [0, 0.05) is 47.5 Å². The molecular formula is C42H51N3O5. The molecule has 8 heteroatoms. The Morgan fingerprint density at radius 3 is 2.00 bits per heavy atom. The molecular weight excluding hydrogens is 626 g/mol. The minimum absolute atomic E-state index is 0.00103. The van der Waals surface area contributed by atoms with E-state index in [0.717, 1.165) is 46.6 Å². The highest BCUT2D eigenvalue weighted by Crippen LogP contribution is 2.26. The smallest absolute Gasteiger partial charge is 0.305 e. The zero-order valence-corrected chi connectivity index (χ0v) is 30.1. The summed E-state index contributed by atoms with van der Waals surface area (Å²) in [6, 6.07) is 22.6. The van der Waals surface area contributed by atoms with E-state index < -0.39 is 17.9 Å². The highest BCUT2D eigenvalue weighted by atomic mass is 16.5. The van der Waals surface area contributed by atoms with E-state index in [9.17, 15) is 19.5 Å². The summed E-state index contributed by atoms with van der Waals surface area (Å²) in [5, 5.41) is 12.0. The van der Waals surface area contributed by atoms with E-state index in [0.29, 0.717) is 17.8 Å². The van der Waals surface area contributed by atoms with Gasteiger partial charge in [-0.05, 0) is 54.0 Å². The van der Waals surface area contributed by atoms with Crippen LogP contribution in [-0.2, 0) is 21.4 Å². The Bertz CT molecular complexity index is 1680. The van der Waals surface area contributed by atoms with Gasteiger partial charge in [-0.15, -0.1) is 0 Å². The molecule has 1 amide bonds. The molecule has 8 nitrogen and oxygen atoms in total. The molecule has 4 aromatic rings. The second-order valence-corrected chi connectivity index (χ2v) is 14.1. The third-order valence-corrected chi connectivity index (χ3v) is 8.80. The van der Waals surface area contributed by atoms with E-state index in [1.165, 1.54) is 25.7 Å². The number of Topliss-reactive ketones (excluding diaryl/α,β-unsaturated/α-hetero) is 1. The molecule has 2 atom stereocenters. The first-order valence-electron chi connectivity index (χ1n) is 17.7. The first-order valence-corrected chi connectivity index (χ1v) is 17.7. The molecule has 0 aliphatic carbocycles. The van der Waals surface area contributed by atoms with Crippen molar-refractivity contribution in [3.8, 4) is 28.3 Å². The van der Waals surface area contributed by atoms with E-state index >= 15 is 0 Å². The molecule has 0 saturated heterocycles. The van der Waals surface area contributed by atoms with Gasteiger partial charge >= 0.3 is 5.97 Å². The van der Waals surface area contributed by atoms with Crippen LogP contribution in [0.2, 0.25) is 0 Å². The third-order valence-electron chi connectivity index (χ3n) is 8.80. The summed E-state index contributed by atoms with van der Waals surface area (Å²) in [6.07, 6.45) is 9.74. The SMILES string of the molecule is CCCCCCCOc1ccc(-c2cnc(-c3ccc(C[C@H](CC(=O)c4ccc(C(C)(C)C)cc4)C(=O)NC(C)CC(=O)O)cc3)nc2)cc1. The van der Waals surface area contributed by atoms with Crippen molar-refractivity contribution in [2.75, 3.05) is 6.61 Å². The van der Waals surface area contributed by atoms with Gasteiger partial charge in [-0.25, -0.2) is 9.97 Å². The van der Waals surface area contributed by atoms with Crippen LogP contribution in [0, 0.1) is 5.92 Å². The normalized spacial score (nSPS) is 12.6. The zero-order chi connectivity index (χ0) is 36.1. The van der Waals surface area contributed by atoms with Crippen molar-refractivity contribution < 1.29 is 24.2 Å². The maximum absolute atomic E-state index is 13.4. The van der Waals surface area contributed by atoms with Crippen molar-refractivity contribution in [3.05, 3.63) is 102 Å². The Labute approximate surface area is 296 Å². The molecule has 264 valence electrons. The Kier molecular flexibility index (Phi) is 13.8. The summed E-state index contributed by atoms with van der Waals surface area (Å²) >= 11 is 0. The van der Waals surface area contributed by atoms with Crippen LogP contribution in [0.5, 0.6) is 5.75 Å². The maximum Gasteiger partial charge on any atom is 0.305 e. The number of unbranched alkanes of at least 4 members (excludes halogenated alkanes) is 4. The van der Waals surface area contributed by atoms with Crippen molar-refractivity contribution in [1.82, 2.24) is 15.3 Å². The Morgan fingerprint density at radius 2 is 1.40 bits per heavy atom. The van der Waals surface area contributed by atoms with Crippen molar-refractivity contribution >= 4 is 17.7 Å². The minimum Gasteiger partial charge on any atom is -0.494 e. The van der Waals surface area contributed by atoms with Gasteiger partial charge in [0.05, 0.1) is 13.0 Å². The summed E-state index contributed by atoms with van der Waals surface area (Å²) in [6.45, 7) is 10.9. The van der Waals surface area contributed by atoms with Gasteiger partial charge in [0.1, 0.15) is 5.75 Å². The molecule has 0 saturated carbocycles. The molecule has 1 unspecified atom stereocenters. The van der Waals surface area contributed by atoms with Crippen LogP contribution in [0.25, 0.3) is 22.5 Å². The number of rotatable bonds is 18. The van der Waals surface area contributed by atoms with Gasteiger partial charge in [0.2, 0.25) is 5.91 Å². The molecule has 0 fully saturated rings. The highest BCUT2D eigenvalue weighted by Gasteiger charge is 2.25. The quantitative estimate of drug-likeness (QED) is 0.0798. The zero-order valence-electron chi connectivity index (χ0n) is 30.1. The molecule has 0 radical (unpaired) electrons. The number of nitrogens with one attached hydrogen (secondary N) is 1. The fourth-order valence-electron chi connectivity index (χ4n) is 5.77. The number of hydrogen-bond acceptors (Lipinski definition) is 6. The first-order chi connectivity index (χ1) is 23.9. The predicted molar refractivity (Wildman–Crippen MR) is 198 cm³/mol. The maximum atomic E-state index is 13.4. The standard InChI is InChI=1S/C42H51N3O5/c1-6-7-8-9-10-23-50-37-21-17-31(18-22-37)35-27-43-40(44-28-35)33-13-11-30(12-14-33)25-34(41(49)45-29(2)24-39(47)48)26-38(46)32-15-19-36(20-16-32)42(3,4)5/h11-22,27-29,34H,6-10,23-26H2,1-5H3,(H,45,49)(H,47,48)/t29?,34-/m1/s1. The molecule has 2 N–H and O–H groups in total. The van der Waals surface area contributed by atoms with E-state index in [2.05, 4.69) is 43.0 Å². The molecule has 0 aliphatic heterocycles. The van der Waals surface area contributed by atoms with Crippen molar-refractivity contribution in [3.63, 3.8) is 0 Å². The van der Waals surface area contributed by atoms with Gasteiger partial charge in [0.15, 0.2) is 11.6 Å². The van der Waals surface area contributed by atoms with Gasteiger partial charge in [-0.3, -0.25) is 14.4 Å². The van der Waals surface area contributed by atoms with Crippen LogP contribution in [0.4, 0.5) is 0 Å². The Balaban J connectivity index is 1.40. The fourth-order valence-corrected chi connectivity index (χ4v) is 5.77. The molecule has 50 heavy (non-hydrogen) atoms. The van der Waals surface area contributed by atoms with Crippen LogP contribution < -0.4 is 10.1 Å². The Morgan fingerprint density at radius 1 is 0.780 bits per heavy atom. The number of ketones is 1. The molecule has 0 bridgehead atoms. The van der Waals surface area contributed by atoms with Crippen molar-refractivity contribution in [2.24, 2.45) is 5.92 Å². The predicted octanol–water partition coefficient (Wildman–Crippen LogP) is 8.87. The average Bonchev–Trinajstić information content (AvgIpc) is 3.09. The number of benzene rings is 3. The summed E-state index contributed by atoms with van der Waals surface area (Å²) < 4.78 is 5.89. The number of carbonyl (C=O) groups is 3. The molecule has 3 aromatic carbocycles. The largest absolute Gasteiger partial charge is 0.494 e. The van der Waals surface area contributed by atoms with Gasteiger partial charge in [-0.2, -0.15) is 0 Å². The monoisotopic (exact) mass is 677 g/mol. The number of aliphatic carboxylic acids is 1. The second kappa shape index (κ2) is 18.2. The number of carboxylic acid groups (broad SMARTS) is 1. The topological polar surface area (TPSA) is 118 Å². The van der Waals surface area contributed by atoms with E-state index in [1.807, 2.05) is 72.8 Å². The number of amides is 1. The molecule has 0 spiro atoms. The number of hydrogen-bond donors (Lipinski definition) is 2. The van der Waals surface area contributed by atoms with Crippen molar-refractivity contribution in [2.45, 2.75) is 97.4 Å². The first kappa shape index (κ1) is 38.0. The number of carbonyl (C=O) groups excluding carboxylic acids is 2. The third kappa shape index (κ3) is 11.6. The lowest BCUT2D eigenvalue weighted by atomic mass is 9.85. The average molecular weight is 678 g/mol. The summed E-state index contributed by atoms with van der Waals surface area (Å²) in [5.74, 6) is -0.721. The lowest BCUT2D eigenvalue weighted by Crippen LogP contribution is -2.39. The van der Waals surface area contributed by atoms with Crippen LogP contribution in [0.3, 0.4) is 0 Å². The van der Waals surface area contributed by atoms with Crippen LogP contribution >= 0.6 is 0 Å².